The molecule has 0 radical (unpaired) electrons. The number of benzene rings is 1. The van der Waals surface area contributed by atoms with Crippen LogP contribution in [-0.2, 0) is 17.9 Å². The molecule has 1 aromatic heterocycles. The second-order valence-electron chi connectivity index (χ2n) is 7.27. The summed E-state index contributed by atoms with van der Waals surface area (Å²) in [4.78, 5) is 20.8. The van der Waals surface area contributed by atoms with E-state index in [9.17, 15) is 9.90 Å². The third-order valence-electron chi connectivity index (χ3n) is 4.91. The van der Waals surface area contributed by atoms with Crippen LogP contribution in [-0.4, -0.2) is 51.5 Å². The van der Waals surface area contributed by atoms with Crippen molar-refractivity contribution in [1.29, 1.82) is 0 Å². The molecule has 1 fully saturated rings. The fraction of sp³-hybridized carbons (Fsp3) is 0.429. The molecule has 0 aliphatic carbocycles. The highest BCUT2D eigenvalue weighted by molar-refractivity contribution is 5.77. The first-order chi connectivity index (χ1) is 12.5. The fourth-order valence-corrected chi connectivity index (χ4v) is 3.57. The Hall–Kier alpha value is -2.24. The van der Waals surface area contributed by atoms with Crippen molar-refractivity contribution >= 4 is 5.91 Å². The SMILES string of the molecule is CN(Cc1ccccn1)C(=O)CC1(O)CCCN(Cc2ccccc2)C1. The van der Waals surface area contributed by atoms with Gasteiger partial charge in [-0.3, -0.25) is 14.7 Å². The van der Waals surface area contributed by atoms with E-state index in [1.807, 2.05) is 36.4 Å². The van der Waals surface area contributed by atoms with Crippen LogP contribution in [0.3, 0.4) is 0 Å². The summed E-state index contributed by atoms with van der Waals surface area (Å²) in [6.07, 6.45) is 3.45. The van der Waals surface area contributed by atoms with Gasteiger partial charge in [0, 0.05) is 26.3 Å². The van der Waals surface area contributed by atoms with E-state index in [4.69, 9.17) is 0 Å². The van der Waals surface area contributed by atoms with Gasteiger partial charge in [0.1, 0.15) is 0 Å². The Kier molecular flexibility index (Phi) is 6.01. The number of carbonyl (C=O) groups is 1. The molecule has 5 nitrogen and oxygen atoms in total. The zero-order valence-corrected chi connectivity index (χ0v) is 15.3. The molecule has 1 amide bonds. The van der Waals surface area contributed by atoms with Crippen molar-refractivity contribution in [3.63, 3.8) is 0 Å². The van der Waals surface area contributed by atoms with Gasteiger partial charge < -0.3 is 10.0 Å². The molecule has 0 spiro atoms. The Labute approximate surface area is 155 Å². The summed E-state index contributed by atoms with van der Waals surface area (Å²) >= 11 is 0. The summed E-state index contributed by atoms with van der Waals surface area (Å²) < 4.78 is 0. The van der Waals surface area contributed by atoms with E-state index in [2.05, 4.69) is 22.0 Å². The van der Waals surface area contributed by atoms with Crippen molar-refractivity contribution in [3.8, 4) is 0 Å². The van der Waals surface area contributed by atoms with E-state index in [0.29, 0.717) is 19.5 Å². The first kappa shape index (κ1) is 18.5. The lowest BCUT2D eigenvalue weighted by molar-refractivity contribution is -0.138. The van der Waals surface area contributed by atoms with Crippen LogP contribution < -0.4 is 0 Å². The minimum atomic E-state index is -0.956. The smallest absolute Gasteiger partial charge is 0.225 e. The number of pyridine rings is 1. The van der Waals surface area contributed by atoms with Gasteiger partial charge in [-0.2, -0.15) is 0 Å². The molecule has 1 N–H and O–H groups in total. The number of hydrogen-bond acceptors (Lipinski definition) is 4. The number of likely N-dealkylation sites (tertiary alicyclic amines) is 1. The van der Waals surface area contributed by atoms with Crippen molar-refractivity contribution in [2.24, 2.45) is 0 Å². The summed E-state index contributed by atoms with van der Waals surface area (Å²) in [6, 6.07) is 15.9. The number of aromatic nitrogens is 1. The predicted octanol–water partition coefficient (Wildman–Crippen LogP) is 2.46. The third kappa shape index (κ3) is 5.13. The van der Waals surface area contributed by atoms with Gasteiger partial charge in [0.05, 0.1) is 24.3 Å². The minimum absolute atomic E-state index is 0.0419. The van der Waals surface area contributed by atoms with E-state index < -0.39 is 5.60 Å². The number of aliphatic hydroxyl groups is 1. The number of nitrogens with zero attached hydrogens (tertiary/aromatic N) is 3. The maximum Gasteiger partial charge on any atom is 0.225 e. The predicted molar refractivity (Wildman–Crippen MR) is 101 cm³/mol. The molecule has 1 unspecified atom stereocenters. The normalized spacial score (nSPS) is 20.7. The summed E-state index contributed by atoms with van der Waals surface area (Å²) in [7, 11) is 1.77. The second-order valence-corrected chi connectivity index (χ2v) is 7.27. The maximum absolute atomic E-state index is 12.6. The van der Waals surface area contributed by atoms with Crippen molar-refractivity contribution in [2.45, 2.75) is 38.0 Å². The number of carbonyl (C=O) groups excluding carboxylic acids is 1. The number of rotatable bonds is 6. The number of β-amino-alcohol motifs (C(OH)–C–C–N with tert-alkyl or cyclic N) is 1. The van der Waals surface area contributed by atoms with Crippen molar-refractivity contribution in [3.05, 3.63) is 66.0 Å². The molecular formula is C21H27N3O2. The molecule has 1 atom stereocenters. The fourth-order valence-electron chi connectivity index (χ4n) is 3.57. The lowest BCUT2D eigenvalue weighted by Gasteiger charge is -2.39. The summed E-state index contributed by atoms with van der Waals surface area (Å²) in [6.45, 7) is 2.75. The van der Waals surface area contributed by atoms with Gasteiger partial charge in [-0.05, 0) is 37.1 Å². The Morgan fingerprint density at radius 2 is 2.00 bits per heavy atom. The molecule has 138 valence electrons. The quantitative estimate of drug-likeness (QED) is 0.867. The van der Waals surface area contributed by atoms with Gasteiger partial charge in [0.25, 0.3) is 0 Å². The van der Waals surface area contributed by atoms with Crippen LogP contribution in [0, 0.1) is 0 Å². The molecule has 3 rings (SSSR count). The second kappa shape index (κ2) is 8.43. The van der Waals surface area contributed by atoms with Crippen LogP contribution in [0.15, 0.2) is 54.7 Å². The number of piperidine rings is 1. The van der Waals surface area contributed by atoms with E-state index in [1.165, 1.54) is 5.56 Å². The summed E-state index contributed by atoms with van der Waals surface area (Å²) in [5.41, 5.74) is 1.13. The Morgan fingerprint density at radius 1 is 1.23 bits per heavy atom. The lowest BCUT2D eigenvalue weighted by Crippen LogP contribution is -2.50. The van der Waals surface area contributed by atoms with Gasteiger partial charge in [-0.25, -0.2) is 0 Å². The topological polar surface area (TPSA) is 56.7 Å². The molecule has 1 aromatic carbocycles. The highest BCUT2D eigenvalue weighted by atomic mass is 16.3. The van der Waals surface area contributed by atoms with Crippen LogP contribution in [0.4, 0.5) is 0 Å². The van der Waals surface area contributed by atoms with Crippen molar-refractivity contribution in [1.82, 2.24) is 14.8 Å². The highest BCUT2D eigenvalue weighted by Gasteiger charge is 2.36. The Bertz CT molecular complexity index is 708. The van der Waals surface area contributed by atoms with Gasteiger partial charge in [-0.1, -0.05) is 36.4 Å². The largest absolute Gasteiger partial charge is 0.388 e. The standard InChI is InChI=1S/C21H27N3O2/c1-23(16-19-10-5-6-12-22-19)20(25)14-21(26)11-7-13-24(17-21)15-18-8-3-2-4-9-18/h2-6,8-10,12,26H,7,11,13-17H2,1H3. The van der Waals surface area contributed by atoms with E-state index in [1.54, 1.807) is 18.1 Å². The molecule has 0 saturated carbocycles. The molecule has 26 heavy (non-hydrogen) atoms. The molecule has 1 aliphatic heterocycles. The van der Waals surface area contributed by atoms with Gasteiger partial charge in [0.2, 0.25) is 5.91 Å². The molecule has 1 aliphatic rings. The zero-order valence-electron chi connectivity index (χ0n) is 15.3. The lowest BCUT2D eigenvalue weighted by atomic mass is 9.88. The van der Waals surface area contributed by atoms with Crippen LogP contribution >= 0.6 is 0 Å². The van der Waals surface area contributed by atoms with Gasteiger partial charge >= 0.3 is 0 Å². The molecular weight excluding hydrogens is 326 g/mol. The highest BCUT2D eigenvalue weighted by Crippen LogP contribution is 2.26. The number of amides is 1. The van der Waals surface area contributed by atoms with Crippen LogP contribution in [0.1, 0.15) is 30.5 Å². The van der Waals surface area contributed by atoms with Gasteiger partial charge in [0.15, 0.2) is 0 Å². The average molecular weight is 353 g/mol. The van der Waals surface area contributed by atoms with E-state index >= 15 is 0 Å². The number of hydrogen-bond donors (Lipinski definition) is 1. The zero-order chi connectivity index (χ0) is 18.4. The van der Waals surface area contributed by atoms with E-state index in [-0.39, 0.29) is 12.3 Å². The Morgan fingerprint density at radius 3 is 2.73 bits per heavy atom. The molecule has 5 heteroatoms. The minimum Gasteiger partial charge on any atom is -0.388 e. The Balaban J connectivity index is 1.56. The summed E-state index contributed by atoms with van der Waals surface area (Å²) in [5.74, 6) is -0.0419. The summed E-state index contributed by atoms with van der Waals surface area (Å²) in [5, 5.41) is 11.0. The van der Waals surface area contributed by atoms with Crippen molar-refractivity contribution in [2.75, 3.05) is 20.1 Å². The van der Waals surface area contributed by atoms with Crippen LogP contribution in [0.5, 0.6) is 0 Å². The molecule has 2 aromatic rings. The molecule has 1 saturated heterocycles. The van der Waals surface area contributed by atoms with Gasteiger partial charge in [-0.15, -0.1) is 0 Å². The van der Waals surface area contributed by atoms with Crippen molar-refractivity contribution < 1.29 is 9.90 Å². The van der Waals surface area contributed by atoms with Crippen LogP contribution in [0.25, 0.3) is 0 Å². The molecule has 0 bridgehead atoms. The first-order valence-electron chi connectivity index (χ1n) is 9.17. The average Bonchev–Trinajstić information content (AvgIpc) is 2.63. The monoisotopic (exact) mass is 353 g/mol. The van der Waals surface area contributed by atoms with E-state index in [0.717, 1.165) is 25.2 Å². The first-order valence-corrected chi connectivity index (χ1v) is 9.17. The maximum atomic E-state index is 12.6. The molecule has 2 heterocycles. The third-order valence-corrected chi connectivity index (χ3v) is 4.91. The van der Waals surface area contributed by atoms with Crippen LogP contribution in [0.2, 0.25) is 0 Å².